The molecule has 0 spiro atoms. The Morgan fingerprint density at radius 1 is 1.14 bits per heavy atom. The molecule has 0 saturated heterocycles. The average molecular weight is 265 g/mol. The molecule has 86 valence electrons. The van der Waals surface area contributed by atoms with Crippen LogP contribution in [0.5, 0.6) is 0 Å². The second-order valence-electron chi connectivity index (χ2n) is 2.60. The van der Waals surface area contributed by atoms with E-state index in [0.717, 1.165) is 0 Å². The maximum atomic E-state index is 9.51. The van der Waals surface area contributed by atoms with Crippen molar-refractivity contribution in [2.45, 2.75) is 24.6 Å². The van der Waals surface area contributed by atoms with Crippen LogP contribution >= 0.6 is 34.8 Å². The molecule has 0 atom stereocenters. The summed E-state index contributed by atoms with van der Waals surface area (Å²) in [5.74, 6) is -1.71. The van der Waals surface area contributed by atoms with Crippen LogP contribution in [-0.4, -0.2) is 29.4 Å². The predicted molar refractivity (Wildman–Crippen MR) is 57.9 cm³/mol. The number of quaternary nitrogens is 1. The van der Waals surface area contributed by atoms with Crippen molar-refractivity contribution in [1.82, 2.24) is 0 Å². The van der Waals surface area contributed by atoms with E-state index in [1.165, 1.54) is 19.6 Å². The zero-order valence-corrected chi connectivity index (χ0v) is 10.8. The molecule has 0 aliphatic carbocycles. The van der Waals surface area contributed by atoms with Gasteiger partial charge in [0.15, 0.2) is 0 Å². The van der Waals surface area contributed by atoms with E-state index in [1.807, 2.05) is 0 Å². The zero-order valence-electron chi connectivity index (χ0n) is 8.57. The molecule has 0 heterocycles. The fraction of sp³-hybridized carbons (Fsp3) is 0.875. The summed E-state index contributed by atoms with van der Waals surface area (Å²) in [5, 5.41) is 9.51. The highest BCUT2D eigenvalue weighted by molar-refractivity contribution is 6.75. The maximum absolute atomic E-state index is 9.51. The van der Waals surface area contributed by atoms with E-state index in [-0.39, 0.29) is 0 Å². The van der Waals surface area contributed by atoms with E-state index >= 15 is 0 Å². The standard InChI is InChI=1S/C6H15N.C2HCl3O2/c1-4-7(5-2)6-3;3-2(4,5)1(6)7/h4-6H2,1-3H3;(H,6,7). The van der Waals surface area contributed by atoms with E-state index < -0.39 is 9.76 Å². The summed E-state index contributed by atoms with van der Waals surface area (Å²) < 4.78 is -2.28. The third-order valence-corrected chi connectivity index (χ3v) is 2.19. The lowest BCUT2D eigenvalue weighted by Crippen LogP contribution is -3.11. The van der Waals surface area contributed by atoms with E-state index in [0.29, 0.717) is 0 Å². The fourth-order valence-electron chi connectivity index (χ4n) is 0.750. The van der Waals surface area contributed by atoms with Crippen molar-refractivity contribution in [2.75, 3.05) is 19.6 Å². The molecule has 0 fully saturated rings. The highest BCUT2D eigenvalue weighted by Gasteiger charge is 2.20. The third kappa shape index (κ3) is 10.4. The molecule has 3 nitrogen and oxygen atoms in total. The van der Waals surface area contributed by atoms with Gasteiger partial charge >= 0.3 is 0 Å². The molecule has 0 radical (unpaired) electrons. The minimum Gasteiger partial charge on any atom is -0.545 e. The quantitative estimate of drug-likeness (QED) is 0.732. The van der Waals surface area contributed by atoms with Gasteiger partial charge in [0.1, 0.15) is 0 Å². The molecule has 0 aromatic carbocycles. The average Bonchev–Trinajstić information content (AvgIpc) is 2.07. The molecular weight excluding hydrogens is 248 g/mol. The second kappa shape index (κ2) is 8.60. The second-order valence-corrected chi connectivity index (χ2v) is 4.88. The van der Waals surface area contributed by atoms with Crippen LogP contribution in [0.1, 0.15) is 20.8 Å². The van der Waals surface area contributed by atoms with Crippen LogP contribution in [0.25, 0.3) is 0 Å². The van der Waals surface area contributed by atoms with Crippen molar-refractivity contribution in [3.8, 4) is 0 Å². The van der Waals surface area contributed by atoms with Crippen LogP contribution in [0.15, 0.2) is 0 Å². The van der Waals surface area contributed by atoms with Crippen LogP contribution in [-0.2, 0) is 4.79 Å². The van der Waals surface area contributed by atoms with Crippen LogP contribution in [0, 0.1) is 0 Å². The Kier molecular flexibility index (Phi) is 10.3. The first-order chi connectivity index (χ1) is 6.29. The topological polar surface area (TPSA) is 44.6 Å². The molecule has 14 heavy (non-hydrogen) atoms. The lowest BCUT2D eigenvalue weighted by molar-refractivity contribution is -0.894. The van der Waals surface area contributed by atoms with Crippen LogP contribution in [0.4, 0.5) is 0 Å². The van der Waals surface area contributed by atoms with Gasteiger partial charge in [-0.1, -0.05) is 34.8 Å². The molecule has 0 saturated carbocycles. The van der Waals surface area contributed by atoms with Gasteiger partial charge in [-0.25, -0.2) is 0 Å². The summed E-state index contributed by atoms with van der Waals surface area (Å²) in [6.07, 6.45) is 0. The summed E-state index contributed by atoms with van der Waals surface area (Å²) in [6, 6.07) is 0. The van der Waals surface area contributed by atoms with Gasteiger partial charge in [0.05, 0.1) is 25.6 Å². The van der Waals surface area contributed by atoms with Gasteiger partial charge in [-0.2, -0.15) is 0 Å². The van der Waals surface area contributed by atoms with Gasteiger partial charge in [0.2, 0.25) is 3.79 Å². The maximum Gasteiger partial charge on any atom is 0.230 e. The molecular formula is C8H16Cl3NO2. The molecule has 0 unspecified atom stereocenters. The van der Waals surface area contributed by atoms with Crippen LogP contribution in [0.3, 0.4) is 0 Å². The van der Waals surface area contributed by atoms with Crippen molar-refractivity contribution < 1.29 is 14.8 Å². The Bertz CT molecular complexity index is 150. The molecule has 0 bridgehead atoms. The molecule has 0 amide bonds. The lowest BCUT2D eigenvalue weighted by atomic mass is 10.5. The summed E-state index contributed by atoms with van der Waals surface area (Å²) >= 11 is 14.2. The Morgan fingerprint density at radius 3 is 1.36 bits per heavy atom. The SMILES string of the molecule is CC[NH+](CC)CC.O=C([O-])C(Cl)(Cl)Cl. The molecule has 0 aliphatic rings. The predicted octanol–water partition coefficient (Wildman–Crippen LogP) is 0.0375. The van der Waals surface area contributed by atoms with Gasteiger partial charge in [0, 0.05) is 0 Å². The smallest absolute Gasteiger partial charge is 0.230 e. The first-order valence-corrected chi connectivity index (χ1v) is 5.54. The first-order valence-electron chi connectivity index (χ1n) is 4.41. The number of carboxylic acid groups (broad SMARTS) is 1. The van der Waals surface area contributed by atoms with Gasteiger partial charge in [-0.3, -0.25) is 0 Å². The molecule has 0 aromatic rings. The van der Waals surface area contributed by atoms with E-state index in [9.17, 15) is 9.90 Å². The van der Waals surface area contributed by atoms with Gasteiger partial charge in [-0.05, 0) is 20.8 Å². The van der Waals surface area contributed by atoms with Crippen molar-refractivity contribution in [3.63, 3.8) is 0 Å². The number of carbonyl (C=O) groups is 1. The zero-order chi connectivity index (χ0) is 11.8. The number of hydrogen-bond acceptors (Lipinski definition) is 2. The number of carboxylic acids is 1. The molecule has 0 aliphatic heterocycles. The van der Waals surface area contributed by atoms with E-state index in [4.69, 9.17) is 34.8 Å². The van der Waals surface area contributed by atoms with Crippen LogP contribution in [0.2, 0.25) is 0 Å². The number of nitrogens with one attached hydrogen (secondary N) is 1. The minimum absolute atomic E-state index is 1.27. The first kappa shape index (κ1) is 16.7. The number of carbonyl (C=O) groups excluding carboxylic acids is 1. The van der Waals surface area contributed by atoms with Gasteiger partial charge in [-0.15, -0.1) is 0 Å². The molecule has 6 heteroatoms. The lowest BCUT2D eigenvalue weighted by Gasteiger charge is -2.10. The summed E-state index contributed by atoms with van der Waals surface area (Å²) in [5.41, 5.74) is 0. The van der Waals surface area contributed by atoms with Gasteiger partial charge < -0.3 is 14.8 Å². The summed E-state index contributed by atoms with van der Waals surface area (Å²) in [7, 11) is 0. The van der Waals surface area contributed by atoms with Gasteiger partial charge in [0.25, 0.3) is 0 Å². The monoisotopic (exact) mass is 263 g/mol. The number of alkyl halides is 3. The third-order valence-electron chi connectivity index (χ3n) is 1.73. The van der Waals surface area contributed by atoms with Crippen molar-refractivity contribution in [3.05, 3.63) is 0 Å². The molecule has 0 rings (SSSR count). The van der Waals surface area contributed by atoms with E-state index in [2.05, 4.69) is 20.8 Å². The normalized spacial score (nSPS) is 10.8. The number of rotatable bonds is 3. The van der Waals surface area contributed by atoms with Crippen molar-refractivity contribution in [2.24, 2.45) is 0 Å². The Labute approximate surface area is 99.9 Å². The Hall–Kier alpha value is 0.300. The van der Waals surface area contributed by atoms with E-state index in [1.54, 1.807) is 4.90 Å². The Balaban J connectivity index is 0. The minimum atomic E-state index is -2.28. The number of hydrogen-bond donors (Lipinski definition) is 1. The fourth-order valence-corrected chi connectivity index (χ4v) is 0.750. The highest BCUT2D eigenvalue weighted by atomic mass is 35.6. The Morgan fingerprint density at radius 2 is 1.36 bits per heavy atom. The number of aliphatic carboxylic acids is 1. The largest absolute Gasteiger partial charge is 0.545 e. The van der Waals surface area contributed by atoms with Crippen molar-refractivity contribution >= 4 is 40.8 Å². The molecule has 1 N–H and O–H groups in total. The van der Waals surface area contributed by atoms with Crippen LogP contribution < -0.4 is 10.0 Å². The molecule has 0 aromatic heterocycles. The number of halogens is 3. The summed E-state index contributed by atoms with van der Waals surface area (Å²) in [4.78, 5) is 11.2. The van der Waals surface area contributed by atoms with Crippen molar-refractivity contribution in [1.29, 1.82) is 0 Å². The highest BCUT2D eigenvalue weighted by Crippen LogP contribution is 2.24. The summed E-state index contributed by atoms with van der Waals surface area (Å²) in [6.45, 7) is 10.5.